The summed E-state index contributed by atoms with van der Waals surface area (Å²) in [4.78, 5) is 10.6. The Morgan fingerprint density at radius 2 is 0.946 bits per heavy atom. The van der Waals surface area contributed by atoms with Crippen LogP contribution in [0.2, 0.25) is 0 Å². The van der Waals surface area contributed by atoms with Crippen molar-refractivity contribution < 1.29 is 33.9 Å². The fourth-order valence-corrected chi connectivity index (χ4v) is 9.95. The van der Waals surface area contributed by atoms with Crippen molar-refractivity contribution in [3.63, 3.8) is 0 Å². The van der Waals surface area contributed by atoms with E-state index in [9.17, 15) is 4.79 Å². The lowest BCUT2D eigenvalue weighted by Gasteiger charge is -2.28. The molecule has 4 heteroatoms. The third-order valence-electron chi connectivity index (χ3n) is 7.21. The van der Waals surface area contributed by atoms with Crippen molar-refractivity contribution in [2.45, 2.75) is 85.0 Å². The highest BCUT2D eigenvalue weighted by molar-refractivity contribution is 7.95. The Morgan fingerprint density at radius 3 is 1.30 bits per heavy atom. The van der Waals surface area contributed by atoms with Gasteiger partial charge in [0.2, 0.25) is 0 Å². The van der Waals surface area contributed by atoms with Gasteiger partial charge >= 0.3 is 5.97 Å². The number of benzene rings is 3. The van der Waals surface area contributed by atoms with E-state index in [1.54, 1.807) is 0 Å². The Kier molecular flexibility index (Phi) is 13.9. The van der Waals surface area contributed by atoms with Crippen LogP contribution in [0.15, 0.2) is 72.8 Å². The highest BCUT2D eigenvalue weighted by Gasteiger charge is 2.45. The van der Waals surface area contributed by atoms with E-state index in [1.807, 2.05) is 0 Å². The topological polar surface area (TPSA) is 37.3 Å². The molecule has 0 aliphatic carbocycles. The summed E-state index contributed by atoms with van der Waals surface area (Å²) in [6.45, 7) is 6.64. The molecule has 0 heterocycles. The molecule has 3 rings (SSSR count). The zero-order chi connectivity index (χ0) is 25.8. The van der Waals surface area contributed by atoms with Gasteiger partial charge < -0.3 is 29.1 Å². The van der Waals surface area contributed by atoms with Crippen molar-refractivity contribution in [2.75, 3.05) is 6.16 Å². The summed E-state index contributed by atoms with van der Waals surface area (Å²) in [6.07, 6.45) is 12.1. The van der Waals surface area contributed by atoms with E-state index in [2.05, 4.69) is 93.6 Å². The molecule has 0 unspecified atom stereocenters. The summed E-state index contributed by atoms with van der Waals surface area (Å²) in [5.41, 5.74) is 4.00. The minimum Gasteiger partial charge on any atom is -1.00 e. The number of hydrogen-bond acceptors (Lipinski definition) is 1. The number of unbranched alkanes of at least 4 members (excludes halogenated alkanes) is 8. The van der Waals surface area contributed by atoms with Gasteiger partial charge in [0.25, 0.3) is 0 Å². The van der Waals surface area contributed by atoms with Crippen LogP contribution >= 0.6 is 7.26 Å². The molecule has 37 heavy (non-hydrogen) atoms. The summed E-state index contributed by atoms with van der Waals surface area (Å²) in [6, 6.07) is 27.8. The SMILES string of the molecule is Cc1cccc([P+](CCCCCCCCCCCC(=O)O)(c2cccc(C)c2)c2cccc(C)c2)c1.[I-]. The molecule has 200 valence electrons. The highest BCUT2D eigenvalue weighted by atomic mass is 127. The van der Waals surface area contributed by atoms with Gasteiger partial charge in [0.15, 0.2) is 0 Å². The average Bonchev–Trinajstić information content (AvgIpc) is 2.85. The molecule has 3 aromatic rings. The summed E-state index contributed by atoms with van der Waals surface area (Å²) >= 11 is 0. The average molecular weight is 631 g/mol. The van der Waals surface area contributed by atoms with Crippen molar-refractivity contribution in [2.24, 2.45) is 0 Å². The molecule has 0 fully saturated rings. The summed E-state index contributed by atoms with van der Waals surface area (Å²) < 4.78 is 0. The first-order chi connectivity index (χ1) is 17.4. The van der Waals surface area contributed by atoms with Crippen molar-refractivity contribution >= 4 is 29.1 Å². The maximum absolute atomic E-state index is 10.6. The zero-order valence-electron chi connectivity index (χ0n) is 22.9. The van der Waals surface area contributed by atoms with E-state index in [0.29, 0.717) is 6.42 Å². The molecule has 3 aromatic carbocycles. The number of hydrogen-bond donors (Lipinski definition) is 1. The summed E-state index contributed by atoms with van der Waals surface area (Å²) in [5, 5.41) is 13.3. The first kappa shape index (κ1) is 31.5. The van der Waals surface area contributed by atoms with E-state index in [4.69, 9.17) is 5.11 Å². The van der Waals surface area contributed by atoms with E-state index in [0.717, 1.165) is 19.3 Å². The van der Waals surface area contributed by atoms with Crippen LogP contribution < -0.4 is 39.9 Å². The van der Waals surface area contributed by atoms with Gasteiger partial charge in [-0.3, -0.25) is 4.79 Å². The van der Waals surface area contributed by atoms with Crippen molar-refractivity contribution in [1.82, 2.24) is 0 Å². The van der Waals surface area contributed by atoms with Gasteiger partial charge in [0.05, 0.1) is 6.16 Å². The maximum atomic E-state index is 10.6. The smallest absolute Gasteiger partial charge is 0.303 e. The van der Waals surface area contributed by atoms with Gasteiger partial charge in [-0.05, 0) is 93.1 Å². The molecule has 0 radical (unpaired) electrons. The van der Waals surface area contributed by atoms with E-state index in [-0.39, 0.29) is 24.0 Å². The number of rotatable bonds is 15. The number of carbonyl (C=O) groups is 1. The lowest BCUT2D eigenvalue weighted by Crippen LogP contribution is -3.00. The number of aliphatic carboxylic acids is 1. The Labute approximate surface area is 242 Å². The van der Waals surface area contributed by atoms with Gasteiger partial charge in [-0.25, -0.2) is 0 Å². The monoisotopic (exact) mass is 630 g/mol. The van der Waals surface area contributed by atoms with Crippen LogP contribution in [0.3, 0.4) is 0 Å². The molecule has 0 aromatic heterocycles. The van der Waals surface area contributed by atoms with Crippen LogP contribution in [0, 0.1) is 20.8 Å². The van der Waals surface area contributed by atoms with Crippen LogP contribution in [0.4, 0.5) is 0 Å². The minimum atomic E-state index is -1.76. The van der Waals surface area contributed by atoms with E-state index >= 15 is 0 Å². The van der Waals surface area contributed by atoms with Crippen molar-refractivity contribution in [1.29, 1.82) is 0 Å². The number of carboxylic acid groups (broad SMARTS) is 1. The largest absolute Gasteiger partial charge is 1.00 e. The highest BCUT2D eigenvalue weighted by Crippen LogP contribution is 2.56. The second-order valence-electron chi connectivity index (χ2n) is 10.4. The predicted molar refractivity (Wildman–Crippen MR) is 158 cm³/mol. The molecular formula is C33H44IO2P. The molecule has 0 aliphatic rings. The van der Waals surface area contributed by atoms with E-state index < -0.39 is 13.2 Å². The molecule has 0 amide bonds. The summed E-state index contributed by atoms with van der Waals surface area (Å²) in [7, 11) is -1.76. The van der Waals surface area contributed by atoms with Crippen molar-refractivity contribution in [3.8, 4) is 0 Å². The Morgan fingerprint density at radius 1 is 0.595 bits per heavy atom. The molecule has 1 N–H and O–H groups in total. The fraction of sp³-hybridized carbons (Fsp3) is 0.424. The Balaban J connectivity index is 0.00000481. The molecule has 0 spiro atoms. The van der Waals surface area contributed by atoms with Gasteiger partial charge in [-0.15, -0.1) is 0 Å². The van der Waals surface area contributed by atoms with Crippen LogP contribution in [-0.4, -0.2) is 17.2 Å². The van der Waals surface area contributed by atoms with Gasteiger partial charge in [-0.1, -0.05) is 74.9 Å². The number of halogens is 1. The molecule has 0 saturated carbocycles. The lowest BCUT2D eigenvalue weighted by molar-refractivity contribution is -0.137. The van der Waals surface area contributed by atoms with Crippen LogP contribution in [-0.2, 0) is 4.79 Å². The predicted octanol–water partition coefficient (Wildman–Crippen LogP) is 4.90. The molecular weight excluding hydrogens is 586 g/mol. The quantitative estimate of drug-likeness (QED) is 0.148. The number of aryl methyl sites for hydroxylation is 3. The van der Waals surface area contributed by atoms with Crippen LogP contribution in [0.5, 0.6) is 0 Å². The first-order valence-electron chi connectivity index (χ1n) is 13.7. The Bertz CT molecular complexity index is 1000. The first-order valence-corrected chi connectivity index (χ1v) is 15.7. The second-order valence-corrected chi connectivity index (χ2v) is 14.0. The minimum absolute atomic E-state index is 0. The van der Waals surface area contributed by atoms with Gasteiger partial charge in [-0.2, -0.15) is 0 Å². The molecule has 0 bridgehead atoms. The Hall–Kier alpha value is -1.71. The standard InChI is InChI=1S/C33H43O2P.HI/c1-27-16-13-19-30(24-27)36(31-20-14-17-28(2)25-31,32-21-15-18-29(3)26-32)23-12-10-8-6-4-5-7-9-11-22-33(34)35;/h13-21,24-26H,4-12,22-23H2,1-3H3;1H. The van der Waals surface area contributed by atoms with Gasteiger partial charge in [0, 0.05) is 6.42 Å². The lowest BCUT2D eigenvalue weighted by atomic mass is 10.1. The zero-order valence-corrected chi connectivity index (χ0v) is 25.9. The maximum Gasteiger partial charge on any atom is 0.303 e. The molecule has 2 nitrogen and oxygen atoms in total. The second kappa shape index (κ2) is 16.3. The van der Waals surface area contributed by atoms with Gasteiger partial charge in [0.1, 0.15) is 23.2 Å². The third-order valence-corrected chi connectivity index (χ3v) is 11.7. The molecule has 0 saturated heterocycles. The van der Waals surface area contributed by atoms with Crippen LogP contribution in [0.1, 0.15) is 80.9 Å². The molecule has 0 aliphatic heterocycles. The summed E-state index contributed by atoms with van der Waals surface area (Å²) in [5.74, 6) is -0.670. The van der Waals surface area contributed by atoms with Crippen molar-refractivity contribution in [3.05, 3.63) is 89.5 Å². The van der Waals surface area contributed by atoms with E-state index in [1.165, 1.54) is 77.3 Å². The normalized spacial score (nSPS) is 11.2. The molecule has 0 atom stereocenters. The van der Waals surface area contributed by atoms with Crippen LogP contribution in [0.25, 0.3) is 0 Å². The third kappa shape index (κ3) is 9.52. The number of carboxylic acids is 1. The fourth-order valence-electron chi connectivity index (χ4n) is 5.29.